The van der Waals surface area contributed by atoms with Crippen molar-refractivity contribution in [2.45, 2.75) is 6.42 Å². The molecule has 0 aliphatic carbocycles. The summed E-state index contributed by atoms with van der Waals surface area (Å²) in [4.78, 5) is 23.5. The van der Waals surface area contributed by atoms with E-state index >= 15 is 0 Å². The Bertz CT molecular complexity index is 929. The van der Waals surface area contributed by atoms with Crippen LogP contribution in [0.4, 0.5) is 0 Å². The Morgan fingerprint density at radius 3 is 2.73 bits per heavy atom. The van der Waals surface area contributed by atoms with Crippen LogP contribution in [0.2, 0.25) is 0 Å². The molecule has 0 fully saturated rings. The fraction of sp³-hybridized carbons (Fsp3) is 0.0588. The lowest BCUT2D eigenvalue weighted by atomic mass is 9.94. The summed E-state index contributed by atoms with van der Waals surface area (Å²) in [6.07, 6.45) is 0.0352. The van der Waals surface area contributed by atoms with Crippen molar-refractivity contribution < 1.29 is 14.8 Å². The zero-order valence-electron chi connectivity index (χ0n) is 11.4. The van der Waals surface area contributed by atoms with Gasteiger partial charge in [0.15, 0.2) is 0 Å². The molecule has 1 aromatic heterocycles. The minimum absolute atomic E-state index is 0.0352. The maximum absolute atomic E-state index is 11.9. The van der Waals surface area contributed by atoms with Crippen LogP contribution in [0.15, 0.2) is 47.8 Å². The third-order valence-corrected chi connectivity index (χ3v) is 4.86. The van der Waals surface area contributed by atoms with E-state index in [9.17, 15) is 14.8 Å². The van der Waals surface area contributed by atoms with E-state index in [2.05, 4.69) is 17.5 Å². The van der Waals surface area contributed by atoms with Crippen molar-refractivity contribution in [3.05, 3.63) is 59.0 Å². The molecule has 3 aromatic rings. The van der Waals surface area contributed by atoms with Crippen molar-refractivity contribution in [2.75, 3.05) is 0 Å². The minimum Gasteiger partial charge on any atom is -0.278 e. The lowest BCUT2D eigenvalue weighted by molar-refractivity contribution is -0.153. The van der Waals surface area contributed by atoms with Crippen LogP contribution in [0.3, 0.4) is 0 Å². The Morgan fingerprint density at radius 2 is 1.86 bits per heavy atom. The lowest BCUT2D eigenvalue weighted by Crippen LogP contribution is -2.39. The number of amides is 2. The van der Waals surface area contributed by atoms with Gasteiger partial charge < -0.3 is 0 Å². The molecule has 0 radical (unpaired) electrons. The van der Waals surface area contributed by atoms with E-state index in [-0.39, 0.29) is 11.5 Å². The Hall–Kier alpha value is -2.50. The van der Waals surface area contributed by atoms with Crippen molar-refractivity contribution in [1.29, 1.82) is 0 Å². The molecule has 0 saturated heterocycles. The van der Waals surface area contributed by atoms with Crippen LogP contribution in [-0.4, -0.2) is 22.1 Å². The largest absolute Gasteiger partial charge is 0.284 e. The van der Waals surface area contributed by atoms with Crippen molar-refractivity contribution in [2.24, 2.45) is 0 Å². The number of hydrogen-bond donors (Lipinski definition) is 1. The minimum atomic E-state index is -0.659. The van der Waals surface area contributed by atoms with Gasteiger partial charge in [0.25, 0.3) is 11.8 Å². The molecule has 2 aromatic carbocycles. The predicted molar refractivity (Wildman–Crippen MR) is 83.9 cm³/mol. The first kappa shape index (κ1) is 13.2. The van der Waals surface area contributed by atoms with E-state index < -0.39 is 11.8 Å². The Kier molecular flexibility index (Phi) is 2.85. The number of fused-ring (bicyclic) bond motifs is 2. The number of imide groups is 1. The number of nitrogens with zero attached hydrogens (tertiary/aromatic N) is 1. The van der Waals surface area contributed by atoms with E-state index in [0.29, 0.717) is 11.1 Å². The Morgan fingerprint density at radius 1 is 1.05 bits per heavy atom. The van der Waals surface area contributed by atoms with Gasteiger partial charge in [-0.05, 0) is 34.7 Å². The van der Waals surface area contributed by atoms with E-state index in [1.807, 2.05) is 24.3 Å². The lowest BCUT2D eigenvalue weighted by Gasteiger charge is -2.21. The summed E-state index contributed by atoms with van der Waals surface area (Å²) in [7, 11) is 0. The van der Waals surface area contributed by atoms with Gasteiger partial charge >= 0.3 is 0 Å². The first-order chi connectivity index (χ1) is 10.6. The standard InChI is InChI=1S/C17H11NO3S/c19-16-8-11-7-10(5-6-12(11)17(20)18(16)21)14-9-22-15-4-2-1-3-13(14)15/h1-7,9,21H,8H2. The first-order valence-corrected chi connectivity index (χ1v) is 7.69. The highest BCUT2D eigenvalue weighted by atomic mass is 32.1. The average molecular weight is 309 g/mol. The summed E-state index contributed by atoms with van der Waals surface area (Å²) < 4.78 is 1.20. The average Bonchev–Trinajstić information content (AvgIpc) is 2.96. The fourth-order valence-electron chi connectivity index (χ4n) is 2.78. The van der Waals surface area contributed by atoms with Gasteiger partial charge in [0.2, 0.25) is 0 Å². The summed E-state index contributed by atoms with van der Waals surface area (Å²) >= 11 is 1.67. The molecule has 5 heteroatoms. The number of rotatable bonds is 1. The van der Waals surface area contributed by atoms with Crippen molar-refractivity contribution in [3.63, 3.8) is 0 Å². The van der Waals surface area contributed by atoms with Crippen LogP contribution < -0.4 is 0 Å². The number of thiophene rings is 1. The Labute approximate surface area is 130 Å². The molecule has 1 N–H and O–H groups in total. The number of hydroxylamine groups is 2. The number of hydrogen-bond acceptors (Lipinski definition) is 4. The third-order valence-electron chi connectivity index (χ3n) is 3.90. The molecule has 22 heavy (non-hydrogen) atoms. The molecule has 4 nitrogen and oxygen atoms in total. The van der Waals surface area contributed by atoms with Crippen molar-refractivity contribution in [3.8, 4) is 11.1 Å². The van der Waals surface area contributed by atoms with E-state index in [1.54, 1.807) is 17.4 Å². The normalized spacial score (nSPS) is 14.5. The zero-order chi connectivity index (χ0) is 15.3. The summed E-state index contributed by atoms with van der Waals surface area (Å²) in [5, 5.41) is 12.9. The molecular formula is C17H11NO3S. The molecule has 108 valence electrons. The van der Waals surface area contributed by atoms with Crippen LogP contribution in [0.1, 0.15) is 15.9 Å². The molecular weight excluding hydrogens is 298 g/mol. The highest BCUT2D eigenvalue weighted by Crippen LogP contribution is 2.35. The van der Waals surface area contributed by atoms with Gasteiger partial charge in [0.05, 0.1) is 6.42 Å². The molecule has 1 aliphatic heterocycles. The highest BCUT2D eigenvalue weighted by Gasteiger charge is 2.30. The van der Waals surface area contributed by atoms with Crippen LogP contribution in [-0.2, 0) is 11.2 Å². The topological polar surface area (TPSA) is 57.6 Å². The first-order valence-electron chi connectivity index (χ1n) is 6.81. The molecule has 2 amide bonds. The molecule has 0 saturated carbocycles. The van der Waals surface area contributed by atoms with Gasteiger partial charge in [-0.1, -0.05) is 24.3 Å². The van der Waals surface area contributed by atoms with Crippen LogP contribution in [0.25, 0.3) is 21.2 Å². The second kappa shape index (κ2) is 4.76. The molecule has 0 spiro atoms. The highest BCUT2D eigenvalue weighted by molar-refractivity contribution is 7.17. The van der Waals surface area contributed by atoms with Gasteiger partial charge in [-0.2, -0.15) is 5.06 Å². The SMILES string of the molecule is O=C1Cc2cc(-c3csc4ccccc34)ccc2C(=O)N1O. The number of carbonyl (C=O) groups excluding carboxylic acids is 2. The van der Waals surface area contributed by atoms with Gasteiger partial charge in [0.1, 0.15) is 0 Å². The molecule has 0 atom stereocenters. The van der Waals surface area contributed by atoms with Crippen LogP contribution in [0, 0.1) is 0 Å². The van der Waals surface area contributed by atoms with Gasteiger partial charge in [-0.15, -0.1) is 11.3 Å². The summed E-state index contributed by atoms with van der Waals surface area (Å²) in [5.41, 5.74) is 3.11. The maximum Gasteiger partial charge on any atom is 0.284 e. The molecule has 0 unspecified atom stereocenters. The molecule has 4 rings (SSSR count). The zero-order valence-corrected chi connectivity index (χ0v) is 12.3. The molecule has 1 aliphatic rings. The monoisotopic (exact) mass is 309 g/mol. The van der Waals surface area contributed by atoms with E-state index in [4.69, 9.17) is 0 Å². The maximum atomic E-state index is 11.9. The second-order valence-corrected chi connectivity index (χ2v) is 6.12. The quantitative estimate of drug-likeness (QED) is 0.553. The summed E-state index contributed by atoms with van der Waals surface area (Å²) in [5.74, 6) is -1.25. The Balaban J connectivity index is 1.87. The van der Waals surface area contributed by atoms with E-state index in [0.717, 1.165) is 16.5 Å². The van der Waals surface area contributed by atoms with E-state index in [1.165, 1.54) is 4.70 Å². The number of benzene rings is 2. The summed E-state index contributed by atoms with van der Waals surface area (Å²) in [6.45, 7) is 0. The molecule has 0 bridgehead atoms. The third kappa shape index (κ3) is 1.87. The summed E-state index contributed by atoms with van der Waals surface area (Å²) in [6, 6.07) is 13.5. The van der Waals surface area contributed by atoms with Crippen LogP contribution in [0.5, 0.6) is 0 Å². The van der Waals surface area contributed by atoms with Gasteiger partial charge in [-0.25, -0.2) is 0 Å². The van der Waals surface area contributed by atoms with Gasteiger partial charge in [-0.3, -0.25) is 14.8 Å². The fourth-order valence-corrected chi connectivity index (χ4v) is 3.75. The van der Waals surface area contributed by atoms with Crippen LogP contribution >= 0.6 is 11.3 Å². The smallest absolute Gasteiger partial charge is 0.278 e. The predicted octanol–water partition coefficient (Wildman–Crippen LogP) is 3.48. The molecule has 2 heterocycles. The number of carbonyl (C=O) groups is 2. The van der Waals surface area contributed by atoms with Crippen molar-refractivity contribution >= 4 is 33.2 Å². The van der Waals surface area contributed by atoms with Gasteiger partial charge in [0, 0.05) is 21.2 Å². The van der Waals surface area contributed by atoms with Crippen molar-refractivity contribution in [1.82, 2.24) is 5.06 Å². The second-order valence-electron chi connectivity index (χ2n) is 5.20.